The lowest BCUT2D eigenvalue weighted by molar-refractivity contribution is -0.00224. The lowest BCUT2D eigenvalue weighted by Crippen LogP contribution is -2.42. The minimum atomic E-state index is -3.80. The summed E-state index contributed by atoms with van der Waals surface area (Å²) in [6.45, 7) is -0.154. The number of hydrogen-bond acceptors (Lipinski definition) is 4. The molecule has 0 radical (unpaired) electrons. The number of hydrogen-bond donors (Lipinski definition) is 2. The highest BCUT2D eigenvalue weighted by atomic mass is 35.5. The van der Waals surface area contributed by atoms with Crippen molar-refractivity contribution in [3.05, 3.63) is 53.4 Å². The molecule has 1 aliphatic rings. The van der Waals surface area contributed by atoms with Gasteiger partial charge in [-0.25, -0.2) is 13.1 Å². The number of rotatable bonds is 6. The summed E-state index contributed by atoms with van der Waals surface area (Å²) in [4.78, 5) is -0.00532. The molecule has 1 aromatic carbocycles. The largest absolute Gasteiger partial charge is 0.466 e. The minimum Gasteiger partial charge on any atom is -0.466 e. The highest BCUT2D eigenvalue weighted by molar-refractivity contribution is 7.89. The van der Waals surface area contributed by atoms with Crippen LogP contribution in [0.15, 0.2) is 52.0 Å². The molecule has 1 atom stereocenters. The maximum absolute atomic E-state index is 12.4. The van der Waals surface area contributed by atoms with Crippen LogP contribution in [0.25, 0.3) is 0 Å². The van der Waals surface area contributed by atoms with Gasteiger partial charge < -0.3 is 9.52 Å². The van der Waals surface area contributed by atoms with Gasteiger partial charge in [0.15, 0.2) is 0 Å². The third kappa shape index (κ3) is 2.92. The predicted molar refractivity (Wildman–Crippen MR) is 82.0 cm³/mol. The van der Waals surface area contributed by atoms with E-state index in [1.807, 2.05) is 0 Å². The molecule has 1 fully saturated rings. The number of furan rings is 1. The van der Waals surface area contributed by atoms with Crippen molar-refractivity contribution in [1.29, 1.82) is 0 Å². The van der Waals surface area contributed by atoms with Gasteiger partial charge in [0.2, 0.25) is 10.0 Å². The van der Waals surface area contributed by atoms with Crippen LogP contribution in [0.2, 0.25) is 5.02 Å². The molecular weight excluding hydrogens is 326 g/mol. The molecule has 0 aliphatic heterocycles. The Balaban J connectivity index is 1.83. The Labute approximate surface area is 134 Å². The number of benzene rings is 1. The van der Waals surface area contributed by atoms with E-state index in [2.05, 4.69) is 4.72 Å². The highest BCUT2D eigenvalue weighted by Crippen LogP contribution is 2.45. The number of sulfonamides is 1. The lowest BCUT2D eigenvalue weighted by Gasteiger charge is -2.26. The van der Waals surface area contributed by atoms with Gasteiger partial charge in [-0.15, -0.1) is 0 Å². The standard InChI is InChI=1S/C15H16ClNO4S/c16-12-4-1-2-5-13(12)22(19,20)17-10-15(18,11-7-8-11)14-6-3-9-21-14/h1-6,9,11,17-18H,7-8,10H2. The number of aliphatic hydroxyl groups is 1. The summed E-state index contributed by atoms with van der Waals surface area (Å²) < 4.78 is 32.5. The fraction of sp³-hybridized carbons (Fsp3) is 0.333. The van der Waals surface area contributed by atoms with Crippen molar-refractivity contribution in [1.82, 2.24) is 4.72 Å². The van der Waals surface area contributed by atoms with Crippen LogP contribution in [-0.2, 0) is 15.6 Å². The first-order valence-corrected chi connectivity index (χ1v) is 8.80. The van der Waals surface area contributed by atoms with E-state index in [9.17, 15) is 13.5 Å². The molecule has 0 amide bonds. The Morgan fingerprint density at radius 2 is 2.00 bits per heavy atom. The van der Waals surface area contributed by atoms with Crippen LogP contribution >= 0.6 is 11.6 Å². The monoisotopic (exact) mass is 341 g/mol. The molecular formula is C15H16ClNO4S. The van der Waals surface area contributed by atoms with Crippen molar-refractivity contribution in [3.8, 4) is 0 Å². The molecule has 22 heavy (non-hydrogen) atoms. The van der Waals surface area contributed by atoms with Crippen molar-refractivity contribution in [3.63, 3.8) is 0 Å². The molecule has 0 saturated heterocycles. The van der Waals surface area contributed by atoms with Crippen LogP contribution in [0.4, 0.5) is 0 Å². The molecule has 1 unspecified atom stereocenters. The van der Waals surface area contributed by atoms with E-state index in [4.69, 9.17) is 16.0 Å². The molecule has 1 saturated carbocycles. The SMILES string of the molecule is O=S(=O)(NCC(O)(c1ccco1)C1CC1)c1ccccc1Cl. The maximum atomic E-state index is 12.4. The zero-order valence-electron chi connectivity index (χ0n) is 11.7. The van der Waals surface area contributed by atoms with E-state index in [1.165, 1.54) is 18.4 Å². The first-order valence-electron chi connectivity index (χ1n) is 6.94. The summed E-state index contributed by atoms with van der Waals surface area (Å²) in [5.74, 6) is 0.365. The second-order valence-electron chi connectivity index (χ2n) is 5.43. The first-order chi connectivity index (χ1) is 10.4. The molecule has 2 N–H and O–H groups in total. The topological polar surface area (TPSA) is 79.5 Å². The summed E-state index contributed by atoms with van der Waals surface area (Å²) >= 11 is 5.93. The smallest absolute Gasteiger partial charge is 0.242 e. The van der Waals surface area contributed by atoms with Crippen molar-refractivity contribution in [2.45, 2.75) is 23.3 Å². The van der Waals surface area contributed by atoms with Crippen molar-refractivity contribution in [2.75, 3.05) is 6.54 Å². The maximum Gasteiger partial charge on any atom is 0.242 e. The van der Waals surface area contributed by atoms with Crippen molar-refractivity contribution >= 4 is 21.6 Å². The van der Waals surface area contributed by atoms with Gasteiger partial charge in [0.05, 0.1) is 11.3 Å². The van der Waals surface area contributed by atoms with E-state index in [-0.39, 0.29) is 22.4 Å². The van der Waals surface area contributed by atoms with E-state index in [1.54, 1.807) is 24.3 Å². The average molecular weight is 342 g/mol. The van der Waals surface area contributed by atoms with Gasteiger partial charge in [-0.2, -0.15) is 0 Å². The van der Waals surface area contributed by atoms with Crippen LogP contribution in [0.3, 0.4) is 0 Å². The molecule has 0 bridgehead atoms. The predicted octanol–water partition coefficient (Wildman–Crippen LogP) is 2.51. The second-order valence-corrected chi connectivity index (χ2v) is 7.57. The first kappa shape index (κ1) is 15.6. The Kier molecular flexibility index (Phi) is 4.03. The molecule has 7 heteroatoms. The van der Waals surface area contributed by atoms with E-state index >= 15 is 0 Å². The molecule has 2 aromatic rings. The van der Waals surface area contributed by atoms with Crippen LogP contribution in [0, 0.1) is 5.92 Å². The third-order valence-electron chi connectivity index (χ3n) is 3.86. The van der Waals surface area contributed by atoms with E-state index < -0.39 is 15.6 Å². The lowest BCUT2D eigenvalue weighted by atomic mass is 9.95. The zero-order chi connectivity index (χ0) is 15.8. The summed E-state index contributed by atoms with van der Waals surface area (Å²) in [6, 6.07) is 9.52. The minimum absolute atomic E-state index is 0.00532. The molecule has 1 aromatic heterocycles. The number of nitrogens with one attached hydrogen (secondary N) is 1. The van der Waals surface area contributed by atoms with Crippen LogP contribution in [0.5, 0.6) is 0 Å². The van der Waals surface area contributed by atoms with Crippen molar-refractivity contribution in [2.24, 2.45) is 5.92 Å². The van der Waals surface area contributed by atoms with Crippen LogP contribution in [0.1, 0.15) is 18.6 Å². The molecule has 1 heterocycles. The fourth-order valence-corrected chi connectivity index (χ4v) is 4.05. The van der Waals surface area contributed by atoms with E-state index in [0.29, 0.717) is 5.76 Å². The van der Waals surface area contributed by atoms with Gasteiger partial charge in [-0.3, -0.25) is 0 Å². The fourth-order valence-electron chi connectivity index (χ4n) is 2.46. The molecule has 1 aliphatic carbocycles. The average Bonchev–Trinajstić information content (AvgIpc) is 3.20. The molecule has 5 nitrogen and oxygen atoms in total. The van der Waals surface area contributed by atoms with Gasteiger partial charge in [-0.1, -0.05) is 23.7 Å². The van der Waals surface area contributed by atoms with Crippen LogP contribution < -0.4 is 4.72 Å². The third-order valence-corrected chi connectivity index (χ3v) is 5.76. The zero-order valence-corrected chi connectivity index (χ0v) is 13.3. The Morgan fingerprint density at radius 3 is 2.59 bits per heavy atom. The summed E-state index contributed by atoms with van der Waals surface area (Å²) in [5, 5.41) is 11.0. The summed E-state index contributed by atoms with van der Waals surface area (Å²) in [7, 11) is -3.80. The van der Waals surface area contributed by atoms with Gasteiger partial charge in [0.1, 0.15) is 16.3 Å². The highest BCUT2D eigenvalue weighted by Gasteiger charge is 2.47. The molecule has 3 rings (SSSR count). The quantitative estimate of drug-likeness (QED) is 0.846. The summed E-state index contributed by atoms with van der Waals surface area (Å²) in [6.07, 6.45) is 3.14. The van der Waals surface area contributed by atoms with Gasteiger partial charge in [-0.05, 0) is 43.0 Å². The Bertz CT molecular complexity index is 756. The molecule has 0 spiro atoms. The summed E-state index contributed by atoms with van der Waals surface area (Å²) in [5.41, 5.74) is -1.34. The van der Waals surface area contributed by atoms with Crippen molar-refractivity contribution < 1.29 is 17.9 Å². The normalized spacial score (nSPS) is 18.1. The van der Waals surface area contributed by atoms with Gasteiger partial charge >= 0.3 is 0 Å². The van der Waals surface area contributed by atoms with Crippen LogP contribution in [-0.4, -0.2) is 20.1 Å². The van der Waals surface area contributed by atoms with Gasteiger partial charge in [0.25, 0.3) is 0 Å². The van der Waals surface area contributed by atoms with Gasteiger partial charge in [0, 0.05) is 6.54 Å². The number of halogens is 1. The Morgan fingerprint density at radius 1 is 1.27 bits per heavy atom. The molecule has 118 valence electrons. The Hall–Kier alpha value is -1.34. The second kappa shape index (κ2) is 5.70. The van der Waals surface area contributed by atoms with E-state index in [0.717, 1.165) is 12.8 Å².